The summed E-state index contributed by atoms with van der Waals surface area (Å²) in [5.41, 5.74) is 2.80. The van der Waals surface area contributed by atoms with Gasteiger partial charge in [0.05, 0.1) is 6.54 Å². The van der Waals surface area contributed by atoms with Crippen molar-refractivity contribution in [1.29, 1.82) is 0 Å². The largest absolute Gasteiger partial charge is 0.362 e. The maximum Gasteiger partial charge on any atom is 0.205 e. The summed E-state index contributed by atoms with van der Waals surface area (Å²) >= 11 is 1.67. The molecule has 21 heavy (non-hydrogen) atoms. The molecule has 1 atom stereocenters. The molecule has 0 amide bonds. The number of para-hydroxylation sites is 1. The fourth-order valence-electron chi connectivity index (χ4n) is 2.77. The van der Waals surface area contributed by atoms with Gasteiger partial charge in [0.1, 0.15) is 5.01 Å². The Labute approximate surface area is 130 Å². The van der Waals surface area contributed by atoms with Crippen LogP contribution < -0.4 is 10.2 Å². The molecule has 1 aromatic heterocycles. The van der Waals surface area contributed by atoms with Crippen molar-refractivity contribution in [2.75, 3.05) is 16.8 Å². The van der Waals surface area contributed by atoms with Gasteiger partial charge in [-0.3, -0.25) is 0 Å². The zero-order valence-corrected chi connectivity index (χ0v) is 13.5. The standard InChI is InChI=1S/C16H22N4S/c1-3-10-17-16-19-18-15(21-16)11-20-12(2)8-9-13-6-4-5-7-14(13)20/h4-7,12H,3,8-11H2,1-2H3,(H,17,19). The van der Waals surface area contributed by atoms with Crippen LogP contribution in [0.15, 0.2) is 24.3 Å². The van der Waals surface area contributed by atoms with E-state index in [0.29, 0.717) is 6.04 Å². The van der Waals surface area contributed by atoms with Crippen LogP contribution in [0, 0.1) is 0 Å². The normalized spacial score (nSPS) is 17.6. The fourth-order valence-corrected chi connectivity index (χ4v) is 3.53. The van der Waals surface area contributed by atoms with Crippen LogP contribution in [0.4, 0.5) is 10.8 Å². The summed E-state index contributed by atoms with van der Waals surface area (Å²) in [5.74, 6) is 0. The van der Waals surface area contributed by atoms with Crippen molar-refractivity contribution in [3.05, 3.63) is 34.8 Å². The van der Waals surface area contributed by atoms with Crippen LogP contribution in [0.1, 0.15) is 37.3 Å². The number of nitrogens with zero attached hydrogens (tertiary/aromatic N) is 3. The van der Waals surface area contributed by atoms with Gasteiger partial charge in [0, 0.05) is 18.3 Å². The van der Waals surface area contributed by atoms with Crippen LogP contribution in [-0.4, -0.2) is 22.8 Å². The number of anilines is 2. The molecule has 1 aliphatic heterocycles. The Kier molecular flexibility index (Phi) is 4.39. The van der Waals surface area contributed by atoms with Gasteiger partial charge in [-0.15, -0.1) is 10.2 Å². The number of aromatic nitrogens is 2. The Morgan fingerprint density at radius 2 is 2.19 bits per heavy atom. The van der Waals surface area contributed by atoms with Gasteiger partial charge >= 0.3 is 0 Å². The Balaban J connectivity index is 1.76. The minimum absolute atomic E-state index is 0.552. The Hall–Kier alpha value is -1.62. The van der Waals surface area contributed by atoms with Crippen LogP contribution >= 0.6 is 11.3 Å². The number of rotatable bonds is 5. The first-order valence-corrected chi connectivity index (χ1v) is 8.50. The molecule has 0 bridgehead atoms. The highest BCUT2D eigenvalue weighted by atomic mass is 32.1. The number of aryl methyl sites for hydroxylation is 1. The van der Waals surface area contributed by atoms with Gasteiger partial charge in [0.15, 0.2) is 0 Å². The summed E-state index contributed by atoms with van der Waals surface area (Å²) < 4.78 is 0. The second kappa shape index (κ2) is 6.43. The van der Waals surface area contributed by atoms with Crippen LogP contribution in [-0.2, 0) is 13.0 Å². The van der Waals surface area contributed by atoms with Crippen molar-refractivity contribution in [2.24, 2.45) is 0 Å². The lowest BCUT2D eigenvalue weighted by Crippen LogP contribution is -2.36. The van der Waals surface area contributed by atoms with Crippen LogP contribution in [0.2, 0.25) is 0 Å². The lowest BCUT2D eigenvalue weighted by atomic mass is 9.97. The molecule has 3 rings (SSSR count). The highest BCUT2D eigenvalue weighted by molar-refractivity contribution is 7.15. The highest BCUT2D eigenvalue weighted by Crippen LogP contribution is 2.32. The summed E-state index contributed by atoms with van der Waals surface area (Å²) in [6, 6.07) is 9.27. The zero-order valence-electron chi connectivity index (χ0n) is 12.7. The van der Waals surface area contributed by atoms with Gasteiger partial charge < -0.3 is 10.2 Å². The SMILES string of the molecule is CCCNc1nnc(CN2c3ccccc3CCC2C)s1. The van der Waals surface area contributed by atoms with E-state index in [9.17, 15) is 0 Å². The van der Waals surface area contributed by atoms with Gasteiger partial charge in [-0.2, -0.15) is 0 Å². The molecule has 0 aliphatic carbocycles. The number of hydrogen-bond acceptors (Lipinski definition) is 5. The Morgan fingerprint density at radius 1 is 1.33 bits per heavy atom. The van der Waals surface area contributed by atoms with Crippen molar-refractivity contribution in [2.45, 2.75) is 45.7 Å². The molecule has 5 heteroatoms. The van der Waals surface area contributed by atoms with E-state index >= 15 is 0 Å². The van der Waals surface area contributed by atoms with Crippen LogP contribution in [0.25, 0.3) is 0 Å². The molecule has 1 aromatic carbocycles. The molecule has 4 nitrogen and oxygen atoms in total. The maximum atomic E-state index is 4.33. The third-order valence-corrected chi connectivity index (χ3v) is 4.83. The fraction of sp³-hybridized carbons (Fsp3) is 0.500. The topological polar surface area (TPSA) is 41.1 Å². The first-order chi connectivity index (χ1) is 10.3. The molecule has 2 aromatic rings. The molecule has 1 N–H and O–H groups in total. The van der Waals surface area contributed by atoms with Gasteiger partial charge in [0.25, 0.3) is 0 Å². The monoisotopic (exact) mass is 302 g/mol. The van der Waals surface area contributed by atoms with Crippen LogP contribution in [0.3, 0.4) is 0 Å². The average molecular weight is 302 g/mol. The second-order valence-corrected chi connectivity index (χ2v) is 6.63. The predicted octanol–water partition coefficient (Wildman–Crippen LogP) is 3.70. The van der Waals surface area contributed by atoms with Crippen molar-refractivity contribution >= 4 is 22.2 Å². The molecule has 112 valence electrons. The van der Waals surface area contributed by atoms with Gasteiger partial charge in [-0.1, -0.05) is 36.5 Å². The first kappa shape index (κ1) is 14.3. The first-order valence-electron chi connectivity index (χ1n) is 7.68. The van der Waals surface area contributed by atoms with E-state index in [1.807, 2.05) is 0 Å². The molecule has 0 spiro atoms. The second-order valence-electron chi connectivity index (χ2n) is 5.57. The number of nitrogens with one attached hydrogen (secondary N) is 1. The zero-order chi connectivity index (χ0) is 14.7. The van der Waals surface area contributed by atoms with Gasteiger partial charge in [-0.05, 0) is 37.8 Å². The smallest absolute Gasteiger partial charge is 0.205 e. The van der Waals surface area contributed by atoms with E-state index in [-0.39, 0.29) is 0 Å². The molecule has 0 saturated heterocycles. The maximum absolute atomic E-state index is 4.33. The average Bonchev–Trinajstić information content (AvgIpc) is 2.96. The minimum atomic E-state index is 0.552. The Bertz CT molecular complexity index is 595. The number of benzene rings is 1. The molecular weight excluding hydrogens is 280 g/mol. The lowest BCUT2D eigenvalue weighted by molar-refractivity contribution is 0.558. The van der Waals surface area contributed by atoms with E-state index in [0.717, 1.165) is 29.6 Å². The van der Waals surface area contributed by atoms with E-state index in [2.05, 4.69) is 58.5 Å². The third-order valence-electron chi connectivity index (χ3n) is 3.96. The Morgan fingerprint density at radius 3 is 3.05 bits per heavy atom. The van der Waals surface area contributed by atoms with Crippen LogP contribution in [0.5, 0.6) is 0 Å². The van der Waals surface area contributed by atoms with Crippen molar-refractivity contribution < 1.29 is 0 Å². The molecule has 2 heterocycles. The van der Waals surface area contributed by atoms with Gasteiger partial charge in [0.2, 0.25) is 5.13 Å². The quantitative estimate of drug-likeness (QED) is 0.914. The number of hydrogen-bond donors (Lipinski definition) is 1. The van der Waals surface area contributed by atoms with E-state index in [4.69, 9.17) is 0 Å². The number of fused-ring (bicyclic) bond motifs is 1. The van der Waals surface area contributed by atoms with Crippen molar-refractivity contribution in [3.8, 4) is 0 Å². The molecule has 0 saturated carbocycles. The summed E-state index contributed by atoms with van der Waals surface area (Å²) in [6.45, 7) is 6.26. The molecule has 0 fully saturated rings. The van der Waals surface area contributed by atoms with E-state index in [1.165, 1.54) is 24.1 Å². The highest BCUT2D eigenvalue weighted by Gasteiger charge is 2.23. The van der Waals surface area contributed by atoms with E-state index < -0.39 is 0 Å². The molecular formula is C16H22N4S. The lowest BCUT2D eigenvalue weighted by Gasteiger charge is -2.36. The van der Waals surface area contributed by atoms with E-state index in [1.54, 1.807) is 11.3 Å². The minimum Gasteiger partial charge on any atom is -0.362 e. The summed E-state index contributed by atoms with van der Waals surface area (Å²) in [6.07, 6.45) is 3.48. The summed E-state index contributed by atoms with van der Waals surface area (Å²) in [7, 11) is 0. The molecule has 0 radical (unpaired) electrons. The molecule has 1 aliphatic rings. The third kappa shape index (κ3) is 3.18. The van der Waals surface area contributed by atoms with Crippen molar-refractivity contribution in [3.63, 3.8) is 0 Å². The van der Waals surface area contributed by atoms with Gasteiger partial charge in [-0.25, -0.2) is 0 Å². The molecule has 1 unspecified atom stereocenters. The summed E-state index contributed by atoms with van der Waals surface area (Å²) in [5, 5.41) is 13.9. The van der Waals surface area contributed by atoms with Crippen molar-refractivity contribution in [1.82, 2.24) is 10.2 Å². The summed E-state index contributed by atoms with van der Waals surface area (Å²) in [4.78, 5) is 2.46. The predicted molar refractivity (Wildman–Crippen MR) is 89.1 cm³/mol.